The van der Waals surface area contributed by atoms with Crippen molar-refractivity contribution in [3.8, 4) is 5.69 Å². The molecule has 3 aromatic carbocycles. The van der Waals surface area contributed by atoms with E-state index < -0.39 is 21.0 Å². The Morgan fingerprint density at radius 3 is 2.45 bits per heavy atom. The molecular weight excluding hydrogens is 579 g/mol. The summed E-state index contributed by atoms with van der Waals surface area (Å²) in [5.41, 5.74) is 3.79. The molecule has 1 saturated carbocycles. The van der Waals surface area contributed by atoms with Gasteiger partial charge in [-0.05, 0) is 92.6 Å². The lowest BCUT2D eigenvalue weighted by molar-refractivity contribution is -0.0183. The number of nitrogens with zero attached hydrogens (tertiary/aromatic N) is 6. The number of aryl methyl sites for hydroxylation is 1. The van der Waals surface area contributed by atoms with Crippen molar-refractivity contribution in [2.45, 2.75) is 55.7 Å². The number of rotatable bonds is 7. The number of halogens is 1. The van der Waals surface area contributed by atoms with Crippen LogP contribution in [0.4, 0.5) is 4.39 Å². The zero-order chi connectivity index (χ0) is 30.9. The van der Waals surface area contributed by atoms with E-state index in [-0.39, 0.29) is 22.8 Å². The van der Waals surface area contributed by atoms with E-state index in [2.05, 4.69) is 46.5 Å². The van der Waals surface area contributed by atoms with Crippen molar-refractivity contribution >= 4 is 20.9 Å². The highest BCUT2D eigenvalue weighted by Gasteiger charge is 2.62. The highest BCUT2D eigenvalue weighted by atomic mass is 32.2. The summed E-state index contributed by atoms with van der Waals surface area (Å²) in [4.78, 5) is 1.43. The van der Waals surface area contributed by atoms with Crippen LogP contribution in [0, 0.1) is 18.7 Å². The maximum Gasteiger partial charge on any atom is 0.264 e. The van der Waals surface area contributed by atoms with Crippen molar-refractivity contribution in [3.05, 3.63) is 102 Å². The summed E-state index contributed by atoms with van der Waals surface area (Å²) in [6.07, 6.45) is 4.45. The van der Waals surface area contributed by atoms with Crippen molar-refractivity contribution < 1.29 is 17.5 Å². The first kappa shape index (κ1) is 28.8. The van der Waals surface area contributed by atoms with Gasteiger partial charge in [-0.25, -0.2) is 17.5 Å². The zero-order valence-corrected chi connectivity index (χ0v) is 26.0. The molecule has 228 valence electrons. The van der Waals surface area contributed by atoms with Gasteiger partial charge in [0.2, 0.25) is 5.03 Å². The third-order valence-electron chi connectivity index (χ3n) is 9.61. The van der Waals surface area contributed by atoms with Gasteiger partial charge in [0, 0.05) is 31.0 Å². The number of ether oxygens (including phenoxy) is 1. The maximum absolute atomic E-state index is 14.0. The Bertz CT molecular complexity index is 1960. The van der Waals surface area contributed by atoms with Gasteiger partial charge in [-0.15, -0.1) is 5.10 Å². The topological polar surface area (TPSA) is 95.1 Å². The highest BCUT2D eigenvalue weighted by molar-refractivity contribution is 7.89. The molecule has 0 radical (unpaired) electrons. The van der Waals surface area contributed by atoms with Crippen LogP contribution in [-0.2, 0) is 25.8 Å². The maximum atomic E-state index is 14.0. The lowest BCUT2D eigenvalue weighted by Crippen LogP contribution is -2.38. The van der Waals surface area contributed by atoms with E-state index in [4.69, 9.17) is 4.74 Å². The van der Waals surface area contributed by atoms with Crippen LogP contribution in [-0.4, -0.2) is 57.7 Å². The molecule has 7 rings (SSSR count). The summed E-state index contributed by atoms with van der Waals surface area (Å²) in [7, 11) is -2.13. The predicted molar refractivity (Wildman–Crippen MR) is 164 cm³/mol. The second-order valence-electron chi connectivity index (χ2n) is 12.5. The second kappa shape index (κ2) is 10.3. The molecular formula is C33H35FN6O3S. The minimum absolute atomic E-state index is 0.0131. The highest BCUT2D eigenvalue weighted by Crippen LogP contribution is 2.60. The molecule has 9 nitrogen and oxygen atoms in total. The van der Waals surface area contributed by atoms with E-state index in [1.54, 1.807) is 23.5 Å². The first-order valence-corrected chi connectivity index (χ1v) is 16.3. The smallest absolute Gasteiger partial charge is 0.264 e. The van der Waals surface area contributed by atoms with Crippen LogP contribution in [0.5, 0.6) is 0 Å². The molecule has 1 aliphatic carbocycles. The number of sulfonamides is 1. The minimum atomic E-state index is -3.89. The number of fused-ring (bicyclic) bond motifs is 2. The van der Waals surface area contributed by atoms with Crippen LogP contribution in [0.1, 0.15) is 49.4 Å². The van der Waals surface area contributed by atoms with Crippen molar-refractivity contribution in [1.82, 2.24) is 29.1 Å². The number of hydrogen-bond donors (Lipinski definition) is 0. The summed E-state index contributed by atoms with van der Waals surface area (Å²) in [5, 5.41) is 14.1. The monoisotopic (exact) mass is 614 g/mol. The van der Waals surface area contributed by atoms with Crippen LogP contribution in [0.15, 0.2) is 84.1 Å². The summed E-state index contributed by atoms with van der Waals surface area (Å²) in [6.45, 7) is 6.54. The number of hydrogen-bond acceptors (Lipinski definition) is 6. The van der Waals surface area contributed by atoms with Gasteiger partial charge >= 0.3 is 0 Å². The average molecular weight is 615 g/mol. The molecule has 2 aliphatic rings. The molecule has 2 aromatic heterocycles. The first-order valence-electron chi connectivity index (χ1n) is 14.8. The second-order valence-corrected chi connectivity index (χ2v) is 14.3. The van der Waals surface area contributed by atoms with Crippen LogP contribution < -0.4 is 0 Å². The van der Waals surface area contributed by atoms with Gasteiger partial charge < -0.3 is 4.74 Å². The Morgan fingerprint density at radius 1 is 1.02 bits per heavy atom. The number of benzene rings is 3. The van der Waals surface area contributed by atoms with E-state index >= 15 is 0 Å². The lowest BCUT2D eigenvalue weighted by Gasteiger charge is -2.35. The molecule has 5 aromatic rings. The first-order chi connectivity index (χ1) is 21.1. The van der Waals surface area contributed by atoms with E-state index in [1.807, 2.05) is 42.9 Å². The molecule has 0 amide bonds. The zero-order valence-electron chi connectivity index (χ0n) is 25.2. The Kier molecular flexibility index (Phi) is 6.76. The number of methoxy groups -OCH3 is 1. The molecule has 0 unspecified atom stereocenters. The molecule has 3 heterocycles. The molecule has 1 saturated heterocycles. The van der Waals surface area contributed by atoms with Crippen LogP contribution >= 0.6 is 0 Å². The van der Waals surface area contributed by atoms with Crippen molar-refractivity contribution in [2.24, 2.45) is 5.92 Å². The van der Waals surface area contributed by atoms with Crippen molar-refractivity contribution in [2.75, 3.05) is 20.2 Å². The van der Waals surface area contributed by atoms with Crippen LogP contribution in [0.2, 0.25) is 0 Å². The van der Waals surface area contributed by atoms with Gasteiger partial charge in [0.1, 0.15) is 5.82 Å². The summed E-state index contributed by atoms with van der Waals surface area (Å²) in [5.74, 6) is -0.316. The Hall–Kier alpha value is -3.93. The summed E-state index contributed by atoms with van der Waals surface area (Å²) >= 11 is 0. The standard InChI is InChI=1S/C33H35FN6O3S/c1-22(2)40-36-18-31(37-40)44(41,42)38-19-26-16-33(43-4,25-8-6-5-7-9-25)20-32(26,21-38)29-15-24-17-35-39(30(24)14-23(29)3)28-12-10-27(34)11-13-28/h5-15,17-18,22,26H,16,19-21H2,1-4H3/t26-,32-,33-/m1/s1. The fourth-order valence-electron chi connectivity index (χ4n) is 7.45. The number of aromatic nitrogens is 5. The average Bonchev–Trinajstić information content (AvgIpc) is 3.79. The normalized spacial score (nSPS) is 24.0. The predicted octanol–water partition coefficient (Wildman–Crippen LogP) is 5.54. The van der Waals surface area contributed by atoms with Gasteiger partial charge in [-0.2, -0.15) is 19.3 Å². The largest absolute Gasteiger partial charge is 0.373 e. The molecule has 0 bridgehead atoms. The molecule has 2 fully saturated rings. The van der Waals surface area contributed by atoms with Crippen LogP contribution in [0.25, 0.3) is 16.6 Å². The molecule has 44 heavy (non-hydrogen) atoms. The fraction of sp³-hybridized carbons (Fsp3) is 0.364. The van der Waals surface area contributed by atoms with Gasteiger partial charge in [0.05, 0.1) is 35.2 Å². The Morgan fingerprint density at radius 2 is 1.77 bits per heavy atom. The van der Waals surface area contributed by atoms with Crippen LogP contribution in [0.3, 0.4) is 0 Å². The third kappa shape index (κ3) is 4.40. The van der Waals surface area contributed by atoms with E-state index in [0.717, 1.165) is 33.3 Å². The van der Waals surface area contributed by atoms with E-state index in [0.29, 0.717) is 25.9 Å². The molecule has 1 aliphatic heterocycles. The minimum Gasteiger partial charge on any atom is -0.373 e. The molecule has 11 heteroatoms. The quantitative estimate of drug-likeness (QED) is 0.239. The fourth-order valence-corrected chi connectivity index (χ4v) is 8.86. The van der Waals surface area contributed by atoms with E-state index in [1.165, 1.54) is 23.1 Å². The Labute approximate surface area is 256 Å². The molecule has 0 spiro atoms. The third-order valence-corrected chi connectivity index (χ3v) is 11.3. The van der Waals surface area contributed by atoms with E-state index in [9.17, 15) is 12.8 Å². The van der Waals surface area contributed by atoms with Gasteiger partial charge in [0.15, 0.2) is 0 Å². The van der Waals surface area contributed by atoms with Gasteiger partial charge in [-0.3, -0.25) is 0 Å². The van der Waals surface area contributed by atoms with Gasteiger partial charge in [-0.1, -0.05) is 30.3 Å². The molecule has 0 N–H and O–H groups in total. The summed E-state index contributed by atoms with van der Waals surface area (Å²) in [6, 6.07) is 20.7. The summed E-state index contributed by atoms with van der Waals surface area (Å²) < 4.78 is 51.4. The van der Waals surface area contributed by atoms with Crippen molar-refractivity contribution in [3.63, 3.8) is 0 Å². The lowest BCUT2D eigenvalue weighted by atomic mass is 9.72. The SMILES string of the molecule is CO[C@]1(c2ccccc2)C[C@@H]2CN(S(=O)(=O)c3cnn(C(C)C)n3)C[C@]2(c2cc3cnn(-c4ccc(F)cc4)c3cc2C)C1. The van der Waals surface area contributed by atoms with Crippen molar-refractivity contribution in [1.29, 1.82) is 0 Å². The molecule has 3 atom stereocenters. The Balaban J connectivity index is 1.35. The van der Waals surface area contributed by atoms with Gasteiger partial charge in [0.25, 0.3) is 10.0 Å².